The number of hydrogen-bond acceptors (Lipinski definition) is 3. The summed E-state index contributed by atoms with van der Waals surface area (Å²) in [5.74, 6) is 0.367. The molecule has 1 heterocycles. The highest BCUT2D eigenvalue weighted by Crippen LogP contribution is 2.29. The van der Waals surface area contributed by atoms with Crippen LogP contribution in [-0.4, -0.2) is 17.0 Å². The fourth-order valence-electron chi connectivity index (χ4n) is 2.86. The Balaban J connectivity index is 1.54. The van der Waals surface area contributed by atoms with Gasteiger partial charge in [0, 0.05) is 28.3 Å². The number of carbonyl (C=O) groups excluding carboxylic acids is 1. The summed E-state index contributed by atoms with van der Waals surface area (Å²) in [5, 5.41) is 11.4. The highest BCUT2D eigenvalue weighted by Gasteiger charge is 2.23. The molecule has 1 aliphatic carbocycles. The third kappa shape index (κ3) is 3.54. The Morgan fingerprint density at radius 3 is 2.95 bits per heavy atom. The Hall–Kier alpha value is -1.71. The minimum absolute atomic E-state index is 0.117. The van der Waals surface area contributed by atoms with Crippen LogP contribution in [-0.2, 0) is 11.2 Å². The van der Waals surface area contributed by atoms with E-state index < -0.39 is 6.10 Å². The lowest BCUT2D eigenvalue weighted by molar-refractivity contribution is -0.117. The molecule has 1 saturated carbocycles. The molecule has 0 amide bonds. The molecule has 0 bridgehead atoms. The lowest BCUT2D eigenvalue weighted by atomic mass is 10.0. The first-order valence-corrected chi connectivity index (χ1v) is 8.46. The molecule has 3 rings (SSSR count). The van der Waals surface area contributed by atoms with Crippen molar-refractivity contribution < 1.29 is 9.90 Å². The maximum atomic E-state index is 11.3. The van der Waals surface area contributed by atoms with Gasteiger partial charge in [-0.3, -0.25) is 4.79 Å². The van der Waals surface area contributed by atoms with Crippen molar-refractivity contribution in [2.45, 2.75) is 31.8 Å². The van der Waals surface area contributed by atoms with Crippen LogP contribution < -0.4 is 0 Å². The number of aliphatic hydroxyl groups excluding tert-OH is 1. The molecule has 1 aliphatic rings. The lowest BCUT2D eigenvalue weighted by Gasteiger charge is -2.07. The number of hydrogen-bond donors (Lipinski definition) is 1. The second kappa shape index (κ2) is 6.59. The molecule has 1 fully saturated rings. The minimum Gasteiger partial charge on any atom is -0.389 e. The van der Waals surface area contributed by atoms with Gasteiger partial charge in [0.05, 0.1) is 6.10 Å². The molecule has 3 heteroatoms. The average molecular weight is 312 g/mol. The van der Waals surface area contributed by atoms with Crippen LogP contribution in [0.5, 0.6) is 0 Å². The summed E-state index contributed by atoms with van der Waals surface area (Å²) in [6, 6.07) is 10.5. The van der Waals surface area contributed by atoms with Gasteiger partial charge in [0.15, 0.2) is 0 Å². The second-order valence-corrected chi connectivity index (χ2v) is 7.09. The van der Waals surface area contributed by atoms with E-state index in [1.165, 1.54) is 15.0 Å². The Bertz CT molecular complexity index is 693. The van der Waals surface area contributed by atoms with Gasteiger partial charge in [0.2, 0.25) is 0 Å². The van der Waals surface area contributed by atoms with E-state index in [0.29, 0.717) is 19.3 Å². The third-order valence-corrected chi connectivity index (χ3v) is 5.30. The Labute approximate surface area is 134 Å². The van der Waals surface area contributed by atoms with Gasteiger partial charge < -0.3 is 5.11 Å². The number of carbonyl (C=O) groups is 1. The molecule has 22 heavy (non-hydrogen) atoms. The van der Waals surface area contributed by atoms with Crippen molar-refractivity contribution in [2.75, 3.05) is 0 Å². The first kappa shape index (κ1) is 15.2. The Kier molecular flexibility index (Phi) is 4.55. The summed E-state index contributed by atoms with van der Waals surface area (Å²) < 4.78 is 1.29. The predicted molar refractivity (Wildman–Crippen MR) is 92.2 cm³/mol. The van der Waals surface area contributed by atoms with Crippen molar-refractivity contribution in [3.8, 4) is 0 Å². The van der Waals surface area contributed by atoms with E-state index in [4.69, 9.17) is 0 Å². The van der Waals surface area contributed by atoms with Crippen molar-refractivity contribution in [1.29, 1.82) is 0 Å². The van der Waals surface area contributed by atoms with Crippen molar-refractivity contribution in [3.63, 3.8) is 0 Å². The normalized spacial score (nSPS) is 20.3. The summed E-state index contributed by atoms with van der Waals surface area (Å²) in [6.07, 6.45) is 5.91. The molecule has 1 aromatic heterocycles. The fourth-order valence-corrected chi connectivity index (χ4v) is 3.94. The van der Waals surface area contributed by atoms with E-state index >= 15 is 0 Å². The van der Waals surface area contributed by atoms with E-state index in [2.05, 4.69) is 30.8 Å². The standard InChI is InChI=1S/C19H20O2S/c1-13-10-17(21)11-14(13)6-7-16(20)8-9-18-12-15-4-2-3-5-19(15)22-18/h2-7,12,14,16,20H,1,8-11H2/b7-6+/t14-,16?/m1/s1. The topological polar surface area (TPSA) is 37.3 Å². The van der Waals surface area contributed by atoms with Gasteiger partial charge in [-0.15, -0.1) is 11.3 Å². The second-order valence-electron chi connectivity index (χ2n) is 5.93. The van der Waals surface area contributed by atoms with E-state index in [9.17, 15) is 9.90 Å². The summed E-state index contributed by atoms with van der Waals surface area (Å²) in [5.41, 5.74) is 0.970. The van der Waals surface area contributed by atoms with Crippen LogP contribution in [0.1, 0.15) is 24.1 Å². The molecule has 1 unspecified atom stereocenters. The van der Waals surface area contributed by atoms with Crippen molar-refractivity contribution >= 4 is 27.2 Å². The summed E-state index contributed by atoms with van der Waals surface area (Å²) >= 11 is 1.79. The van der Waals surface area contributed by atoms with Crippen LogP contribution >= 0.6 is 11.3 Å². The zero-order chi connectivity index (χ0) is 15.5. The molecular weight excluding hydrogens is 292 g/mol. The molecule has 0 aliphatic heterocycles. The molecule has 2 nitrogen and oxygen atoms in total. The number of ketones is 1. The number of benzene rings is 1. The van der Waals surface area contributed by atoms with Gasteiger partial charge >= 0.3 is 0 Å². The smallest absolute Gasteiger partial charge is 0.137 e. The van der Waals surface area contributed by atoms with E-state index in [1.54, 1.807) is 11.3 Å². The molecule has 1 aromatic carbocycles. The molecule has 2 atom stereocenters. The number of Topliss-reactive ketones (excluding diaryl/α,β-unsaturated/α-hetero) is 1. The van der Waals surface area contributed by atoms with E-state index in [1.807, 2.05) is 18.2 Å². The van der Waals surface area contributed by atoms with E-state index in [0.717, 1.165) is 12.0 Å². The maximum absolute atomic E-state index is 11.3. The molecule has 0 saturated heterocycles. The number of thiophene rings is 1. The number of aliphatic hydroxyl groups is 1. The summed E-state index contributed by atoms with van der Waals surface area (Å²) in [7, 11) is 0. The highest BCUT2D eigenvalue weighted by molar-refractivity contribution is 7.19. The quantitative estimate of drug-likeness (QED) is 0.836. The number of rotatable bonds is 5. The average Bonchev–Trinajstić information content (AvgIpc) is 3.05. The van der Waals surface area contributed by atoms with Crippen molar-refractivity contribution in [1.82, 2.24) is 0 Å². The Morgan fingerprint density at radius 1 is 1.41 bits per heavy atom. The van der Waals surface area contributed by atoms with Gasteiger partial charge in [-0.1, -0.05) is 42.5 Å². The highest BCUT2D eigenvalue weighted by atomic mass is 32.1. The van der Waals surface area contributed by atoms with Crippen molar-refractivity contribution in [2.24, 2.45) is 5.92 Å². The van der Waals surface area contributed by atoms with Gasteiger partial charge in [-0.2, -0.15) is 0 Å². The maximum Gasteiger partial charge on any atom is 0.137 e. The van der Waals surface area contributed by atoms with Crippen LogP contribution in [0.2, 0.25) is 0 Å². The molecule has 0 radical (unpaired) electrons. The van der Waals surface area contributed by atoms with Crippen LogP contribution in [0.3, 0.4) is 0 Å². The molecule has 2 aromatic rings. The van der Waals surface area contributed by atoms with Crippen LogP contribution in [0.25, 0.3) is 10.1 Å². The largest absolute Gasteiger partial charge is 0.389 e. The summed E-state index contributed by atoms with van der Waals surface area (Å²) in [6.45, 7) is 3.93. The molecule has 1 N–H and O–H groups in total. The zero-order valence-electron chi connectivity index (χ0n) is 12.5. The fraction of sp³-hybridized carbons (Fsp3) is 0.316. The minimum atomic E-state index is -0.464. The molecule has 0 spiro atoms. The molecule has 114 valence electrons. The third-order valence-electron chi connectivity index (χ3n) is 4.12. The van der Waals surface area contributed by atoms with Gasteiger partial charge in [0.25, 0.3) is 0 Å². The zero-order valence-corrected chi connectivity index (χ0v) is 13.3. The van der Waals surface area contributed by atoms with Gasteiger partial charge in [-0.25, -0.2) is 0 Å². The monoisotopic (exact) mass is 312 g/mol. The number of allylic oxidation sites excluding steroid dienone is 2. The van der Waals surface area contributed by atoms with Gasteiger partial charge in [0.1, 0.15) is 5.78 Å². The summed E-state index contributed by atoms with van der Waals surface area (Å²) in [4.78, 5) is 12.6. The van der Waals surface area contributed by atoms with Crippen LogP contribution in [0, 0.1) is 5.92 Å². The lowest BCUT2D eigenvalue weighted by Crippen LogP contribution is -2.04. The Morgan fingerprint density at radius 2 is 2.23 bits per heavy atom. The SMILES string of the molecule is C=C1CC(=O)C[C@H]1/C=C/C(O)CCc1cc2ccccc2s1. The van der Waals surface area contributed by atoms with Gasteiger partial charge in [-0.05, 0) is 30.4 Å². The van der Waals surface area contributed by atoms with Crippen molar-refractivity contribution in [3.05, 3.63) is 59.5 Å². The first-order chi connectivity index (χ1) is 10.6. The molecular formula is C19H20O2S. The number of aryl methyl sites for hydroxylation is 1. The van der Waals surface area contributed by atoms with Crippen LogP contribution in [0.15, 0.2) is 54.6 Å². The predicted octanol–water partition coefficient (Wildman–Crippen LogP) is 4.29. The van der Waals surface area contributed by atoms with E-state index in [-0.39, 0.29) is 11.7 Å². The number of fused-ring (bicyclic) bond motifs is 1. The first-order valence-electron chi connectivity index (χ1n) is 7.65. The van der Waals surface area contributed by atoms with Crippen LogP contribution in [0.4, 0.5) is 0 Å².